The molecule has 0 saturated carbocycles. The topological polar surface area (TPSA) is 89.6 Å². The van der Waals surface area contributed by atoms with Crippen LogP contribution in [-0.4, -0.2) is 23.6 Å². The van der Waals surface area contributed by atoms with Gasteiger partial charge in [0.25, 0.3) is 0 Å². The van der Waals surface area contributed by atoms with E-state index in [1.807, 2.05) is 30.3 Å². The summed E-state index contributed by atoms with van der Waals surface area (Å²) in [4.78, 5) is 25.0. The first kappa shape index (κ1) is 27.2. The maximum atomic E-state index is 12.8. The van der Waals surface area contributed by atoms with Crippen LogP contribution in [0.4, 0.5) is 0 Å². The summed E-state index contributed by atoms with van der Waals surface area (Å²) in [5.74, 6) is -1.33. The molecule has 1 atom stereocenters. The minimum atomic E-state index is -1.44. The Morgan fingerprint density at radius 2 is 1.35 bits per heavy atom. The van der Waals surface area contributed by atoms with Crippen molar-refractivity contribution in [3.63, 3.8) is 0 Å². The number of primary amides is 1. The van der Waals surface area contributed by atoms with E-state index < -0.39 is 17.3 Å². The molecule has 1 unspecified atom stereocenters. The predicted molar refractivity (Wildman–Crippen MR) is 125 cm³/mol. The number of unbranched alkanes of at least 4 members (excludes halogenated alkanes) is 11. The minimum absolute atomic E-state index is 0.00792. The molecule has 176 valence electrons. The minimum Gasteiger partial charge on any atom is -0.460 e. The highest BCUT2D eigenvalue weighted by atomic mass is 16.5. The van der Waals surface area contributed by atoms with Crippen molar-refractivity contribution in [1.29, 1.82) is 0 Å². The fraction of sp³-hybridized carbons (Fsp3) is 0.692. The summed E-state index contributed by atoms with van der Waals surface area (Å²) in [7, 11) is 0. The Balaban J connectivity index is 2.34. The summed E-state index contributed by atoms with van der Waals surface area (Å²) < 4.78 is 5.41. The van der Waals surface area contributed by atoms with Crippen LogP contribution >= 0.6 is 0 Å². The van der Waals surface area contributed by atoms with E-state index >= 15 is 0 Å². The standard InChI is InChI=1S/C26H43NO4/c1-2-3-4-5-6-7-8-9-10-11-12-16-19-26(20-21-28,24(27)29)25(30)31-22-23-17-14-13-15-18-23/h13-15,17-18,28H,2-12,16,19-22H2,1H3,(H2,27,29). The molecule has 0 radical (unpaired) electrons. The quantitative estimate of drug-likeness (QED) is 0.167. The number of aliphatic hydroxyl groups excluding tert-OH is 1. The lowest BCUT2D eigenvalue weighted by Gasteiger charge is -2.27. The fourth-order valence-corrected chi connectivity index (χ4v) is 4.00. The van der Waals surface area contributed by atoms with Crippen molar-refractivity contribution < 1.29 is 19.4 Å². The smallest absolute Gasteiger partial charge is 0.322 e. The molecule has 5 nitrogen and oxygen atoms in total. The second kappa shape index (κ2) is 16.8. The number of amides is 1. The number of carbonyl (C=O) groups is 2. The molecular weight excluding hydrogens is 390 g/mol. The number of ether oxygens (including phenoxy) is 1. The van der Waals surface area contributed by atoms with Crippen LogP contribution in [0.25, 0.3) is 0 Å². The van der Waals surface area contributed by atoms with Crippen molar-refractivity contribution >= 4 is 11.9 Å². The van der Waals surface area contributed by atoms with Gasteiger partial charge in [-0.05, 0) is 18.4 Å². The predicted octanol–water partition coefficient (Wildman–Crippen LogP) is 5.68. The molecule has 0 fully saturated rings. The normalized spacial score (nSPS) is 13.0. The van der Waals surface area contributed by atoms with E-state index in [4.69, 9.17) is 10.5 Å². The highest BCUT2D eigenvalue weighted by Crippen LogP contribution is 2.31. The SMILES string of the molecule is CCCCCCCCCCCCCCC(CCO)(C(N)=O)C(=O)OCc1ccccc1. The van der Waals surface area contributed by atoms with E-state index in [2.05, 4.69) is 6.92 Å². The zero-order chi connectivity index (χ0) is 22.8. The lowest BCUT2D eigenvalue weighted by Crippen LogP contribution is -2.45. The molecule has 1 rings (SSSR count). The monoisotopic (exact) mass is 433 g/mol. The number of benzene rings is 1. The second-order valence-electron chi connectivity index (χ2n) is 8.62. The number of carbonyl (C=O) groups excluding carboxylic acids is 2. The van der Waals surface area contributed by atoms with Gasteiger partial charge in [-0.15, -0.1) is 0 Å². The Morgan fingerprint density at radius 1 is 0.839 bits per heavy atom. The largest absolute Gasteiger partial charge is 0.460 e. The van der Waals surface area contributed by atoms with Gasteiger partial charge in [-0.2, -0.15) is 0 Å². The molecule has 1 aromatic rings. The van der Waals surface area contributed by atoms with E-state index in [1.165, 1.54) is 57.8 Å². The van der Waals surface area contributed by atoms with Crippen LogP contribution < -0.4 is 5.73 Å². The summed E-state index contributed by atoms with van der Waals surface area (Å²) in [6, 6.07) is 9.33. The molecule has 0 heterocycles. The van der Waals surface area contributed by atoms with E-state index in [-0.39, 0.29) is 19.6 Å². The second-order valence-corrected chi connectivity index (χ2v) is 8.62. The Hall–Kier alpha value is -1.88. The van der Waals surface area contributed by atoms with Gasteiger partial charge in [-0.25, -0.2) is 0 Å². The van der Waals surface area contributed by atoms with Gasteiger partial charge in [0.15, 0.2) is 0 Å². The number of aliphatic hydroxyl groups is 1. The van der Waals surface area contributed by atoms with Gasteiger partial charge in [0, 0.05) is 6.61 Å². The number of nitrogens with two attached hydrogens (primary N) is 1. The first-order chi connectivity index (χ1) is 15.1. The van der Waals surface area contributed by atoms with Crippen molar-refractivity contribution in [3.8, 4) is 0 Å². The van der Waals surface area contributed by atoms with Crippen LogP contribution in [0.3, 0.4) is 0 Å². The molecule has 0 aliphatic rings. The van der Waals surface area contributed by atoms with E-state index in [1.54, 1.807) is 0 Å². The summed E-state index contributed by atoms with van der Waals surface area (Å²) in [5.41, 5.74) is 5.02. The van der Waals surface area contributed by atoms with Crippen LogP contribution in [0.15, 0.2) is 30.3 Å². The first-order valence-electron chi connectivity index (χ1n) is 12.2. The van der Waals surface area contributed by atoms with Crippen molar-refractivity contribution in [2.45, 2.75) is 103 Å². The van der Waals surface area contributed by atoms with Gasteiger partial charge >= 0.3 is 5.97 Å². The first-order valence-corrected chi connectivity index (χ1v) is 12.2. The average Bonchev–Trinajstić information content (AvgIpc) is 2.78. The Kier molecular flexibility index (Phi) is 14.7. The lowest BCUT2D eigenvalue weighted by atomic mass is 9.78. The van der Waals surface area contributed by atoms with Crippen LogP contribution in [-0.2, 0) is 20.9 Å². The summed E-state index contributed by atoms with van der Waals surface area (Å²) in [6.45, 7) is 2.06. The molecule has 5 heteroatoms. The zero-order valence-corrected chi connectivity index (χ0v) is 19.4. The molecule has 3 N–H and O–H groups in total. The van der Waals surface area contributed by atoms with Gasteiger partial charge in [-0.3, -0.25) is 9.59 Å². The van der Waals surface area contributed by atoms with Gasteiger partial charge in [0.1, 0.15) is 12.0 Å². The van der Waals surface area contributed by atoms with Crippen molar-refractivity contribution in [1.82, 2.24) is 0 Å². The Bertz CT molecular complexity index is 605. The maximum absolute atomic E-state index is 12.8. The third-order valence-electron chi connectivity index (χ3n) is 6.07. The van der Waals surface area contributed by atoms with Crippen LogP contribution in [0, 0.1) is 5.41 Å². The molecule has 0 aliphatic carbocycles. The van der Waals surface area contributed by atoms with E-state index in [9.17, 15) is 14.7 Å². The van der Waals surface area contributed by atoms with Crippen LogP contribution in [0.1, 0.15) is 102 Å². The van der Waals surface area contributed by atoms with Gasteiger partial charge in [0.2, 0.25) is 5.91 Å². The highest BCUT2D eigenvalue weighted by Gasteiger charge is 2.45. The highest BCUT2D eigenvalue weighted by molar-refractivity contribution is 6.01. The summed E-state index contributed by atoms with van der Waals surface area (Å²) in [5, 5.41) is 9.46. The number of esters is 1. The average molecular weight is 434 g/mol. The third-order valence-corrected chi connectivity index (χ3v) is 6.07. The number of hydrogen-bond donors (Lipinski definition) is 2. The molecule has 0 aliphatic heterocycles. The summed E-state index contributed by atoms with van der Waals surface area (Å²) >= 11 is 0. The van der Waals surface area contributed by atoms with E-state index in [0.717, 1.165) is 24.8 Å². The molecule has 0 aromatic heterocycles. The van der Waals surface area contributed by atoms with Crippen molar-refractivity contribution in [2.24, 2.45) is 11.1 Å². The molecule has 31 heavy (non-hydrogen) atoms. The molecule has 0 saturated heterocycles. The van der Waals surface area contributed by atoms with Crippen molar-refractivity contribution in [3.05, 3.63) is 35.9 Å². The molecule has 1 aromatic carbocycles. The van der Waals surface area contributed by atoms with Gasteiger partial charge in [-0.1, -0.05) is 114 Å². The molecule has 0 bridgehead atoms. The van der Waals surface area contributed by atoms with E-state index in [0.29, 0.717) is 6.42 Å². The molecule has 0 spiro atoms. The Morgan fingerprint density at radius 3 is 1.84 bits per heavy atom. The zero-order valence-electron chi connectivity index (χ0n) is 19.4. The van der Waals surface area contributed by atoms with Gasteiger partial charge < -0.3 is 15.6 Å². The third kappa shape index (κ3) is 10.8. The van der Waals surface area contributed by atoms with Crippen LogP contribution in [0.5, 0.6) is 0 Å². The Labute approximate surface area is 188 Å². The lowest BCUT2D eigenvalue weighted by molar-refractivity contribution is -0.163. The molecule has 1 amide bonds. The number of rotatable bonds is 19. The number of hydrogen-bond acceptors (Lipinski definition) is 4. The maximum Gasteiger partial charge on any atom is 0.322 e. The van der Waals surface area contributed by atoms with Crippen LogP contribution in [0.2, 0.25) is 0 Å². The summed E-state index contributed by atoms with van der Waals surface area (Å²) in [6.07, 6.45) is 14.8. The fourth-order valence-electron chi connectivity index (χ4n) is 4.00. The molecular formula is C26H43NO4. The van der Waals surface area contributed by atoms with Crippen molar-refractivity contribution in [2.75, 3.05) is 6.61 Å². The van der Waals surface area contributed by atoms with Gasteiger partial charge in [0.05, 0.1) is 0 Å².